The van der Waals surface area contributed by atoms with Crippen LogP contribution in [0.2, 0.25) is 0 Å². The fraction of sp³-hybridized carbons (Fsp3) is 0.519. The summed E-state index contributed by atoms with van der Waals surface area (Å²) in [5.74, 6) is 1.03. The van der Waals surface area contributed by atoms with Crippen LogP contribution < -0.4 is 4.74 Å². The molecule has 1 aromatic carbocycles. The molecule has 0 amide bonds. The number of hydrogen-bond acceptors (Lipinski definition) is 4. The van der Waals surface area contributed by atoms with Crippen molar-refractivity contribution in [2.75, 3.05) is 0 Å². The molecule has 1 aromatic heterocycles. The van der Waals surface area contributed by atoms with Crippen LogP contribution in [0.3, 0.4) is 0 Å². The van der Waals surface area contributed by atoms with E-state index in [1.807, 2.05) is 50.5 Å². The normalized spacial score (nSPS) is 16.6. The smallest absolute Gasteiger partial charge is 0.314 e. The van der Waals surface area contributed by atoms with Gasteiger partial charge in [0.05, 0.1) is 5.92 Å². The number of ether oxygens (including phenoxy) is 1. The van der Waals surface area contributed by atoms with E-state index in [1.165, 1.54) is 5.57 Å². The van der Waals surface area contributed by atoms with Gasteiger partial charge < -0.3 is 4.74 Å². The van der Waals surface area contributed by atoms with Gasteiger partial charge in [-0.05, 0) is 59.9 Å². The van der Waals surface area contributed by atoms with Gasteiger partial charge >= 0.3 is 5.97 Å². The Hall–Kier alpha value is -2.49. The Kier molecular flexibility index (Phi) is 8.16. The summed E-state index contributed by atoms with van der Waals surface area (Å²) in [6.07, 6.45) is 8.55. The molecule has 1 heterocycles. The maximum Gasteiger partial charge on any atom is 0.314 e. The average Bonchev–Trinajstić information content (AvgIpc) is 2.75. The van der Waals surface area contributed by atoms with Crippen LogP contribution in [0.4, 0.5) is 0 Å². The molecule has 3 rings (SSSR count). The molecule has 2 aromatic rings. The summed E-state index contributed by atoms with van der Waals surface area (Å²) >= 11 is 0. The Morgan fingerprint density at radius 3 is 1.97 bits per heavy atom. The van der Waals surface area contributed by atoms with Gasteiger partial charge in [-0.3, -0.25) is 4.79 Å². The van der Waals surface area contributed by atoms with E-state index in [0.29, 0.717) is 11.6 Å². The van der Waals surface area contributed by atoms with Crippen LogP contribution in [0.15, 0.2) is 48.3 Å². The number of hydrogen-bond donors (Lipinski definition) is 0. The first kappa shape index (κ1) is 24.8. The summed E-state index contributed by atoms with van der Waals surface area (Å²) < 4.78 is 5.62. The Morgan fingerprint density at radius 1 is 0.935 bits per heavy atom. The molecular formula is C27H38N2O2. The molecule has 1 aliphatic rings. The third kappa shape index (κ3) is 6.75. The lowest BCUT2D eigenvalue weighted by Crippen LogP contribution is -2.24. The molecule has 168 valence electrons. The van der Waals surface area contributed by atoms with Gasteiger partial charge in [0, 0.05) is 18.0 Å². The average molecular weight is 423 g/mol. The number of rotatable bonds is 3. The fourth-order valence-corrected chi connectivity index (χ4v) is 3.47. The van der Waals surface area contributed by atoms with E-state index in [1.54, 1.807) is 0 Å². The van der Waals surface area contributed by atoms with Crippen LogP contribution in [-0.4, -0.2) is 15.9 Å². The van der Waals surface area contributed by atoms with Gasteiger partial charge in [0.2, 0.25) is 0 Å². The molecule has 1 atom stereocenters. The zero-order valence-corrected chi connectivity index (χ0v) is 20.5. The van der Waals surface area contributed by atoms with Crippen molar-refractivity contribution in [2.24, 2.45) is 11.3 Å². The molecular weight excluding hydrogens is 384 g/mol. The predicted molar refractivity (Wildman–Crippen MR) is 128 cm³/mol. The number of nitrogens with zero attached hydrogens (tertiary/aromatic N) is 2. The van der Waals surface area contributed by atoms with Crippen LogP contribution >= 0.6 is 0 Å². The van der Waals surface area contributed by atoms with Crippen molar-refractivity contribution in [3.63, 3.8) is 0 Å². The number of carbonyl (C=O) groups excluding carboxylic acids is 1. The predicted octanol–water partition coefficient (Wildman–Crippen LogP) is 7.15. The number of allylic oxidation sites excluding steroid dienone is 2. The number of benzene rings is 1. The molecule has 4 heteroatoms. The molecule has 0 saturated heterocycles. The molecule has 0 bridgehead atoms. The van der Waals surface area contributed by atoms with Gasteiger partial charge in [0.1, 0.15) is 5.75 Å². The van der Waals surface area contributed by atoms with Crippen molar-refractivity contribution in [3.8, 4) is 17.1 Å². The van der Waals surface area contributed by atoms with Gasteiger partial charge in [-0.25, -0.2) is 9.97 Å². The topological polar surface area (TPSA) is 52.1 Å². The van der Waals surface area contributed by atoms with E-state index in [-0.39, 0.29) is 22.7 Å². The van der Waals surface area contributed by atoms with E-state index in [0.717, 1.165) is 30.4 Å². The van der Waals surface area contributed by atoms with Crippen LogP contribution in [-0.2, 0) is 10.2 Å². The first-order chi connectivity index (χ1) is 14.5. The molecule has 4 nitrogen and oxygen atoms in total. The zero-order chi connectivity index (χ0) is 23.2. The Morgan fingerprint density at radius 2 is 1.52 bits per heavy atom. The standard InChI is InChI=1S/C25H32N2O2.C2H6/c1-24(2,3)19-11-7-18(8-12-19)23(28)29-21-13-9-17(10-14-21)22-26-15-20(16-27-22)25(4,5)6;1-2/h9-11,13-16,18H,7-8,12H2,1-6H3;1-2H3. The van der Waals surface area contributed by atoms with Gasteiger partial charge in [-0.15, -0.1) is 0 Å². The van der Waals surface area contributed by atoms with Crippen molar-refractivity contribution in [3.05, 3.63) is 53.9 Å². The number of esters is 1. The molecule has 0 spiro atoms. The second kappa shape index (κ2) is 10.2. The van der Waals surface area contributed by atoms with Crippen molar-refractivity contribution in [1.82, 2.24) is 9.97 Å². The molecule has 1 aliphatic carbocycles. The van der Waals surface area contributed by atoms with Gasteiger partial charge in [0.15, 0.2) is 5.82 Å². The highest BCUT2D eigenvalue weighted by molar-refractivity contribution is 5.75. The summed E-state index contributed by atoms with van der Waals surface area (Å²) in [6, 6.07) is 7.42. The molecule has 31 heavy (non-hydrogen) atoms. The largest absolute Gasteiger partial charge is 0.426 e. The van der Waals surface area contributed by atoms with E-state index >= 15 is 0 Å². The lowest BCUT2D eigenvalue weighted by molar-refractivity contribution is -0.139. The number of aromatic nitrogens is 2. The first-order valence-electron chi connectivity index (χ1n) is 11.4. The quantitative estimate of drug-likeness (QED) is 0.299. The minimum Gasteiger partial charge on any atom is -0.426 e. The van der Waals surface area contributed by atoms with Crippen molar-refractivity contribution < 1.29 is 9.53 Å². The van der Waals surface area contributed by atoms with Crippen molar-refractivity contribution in [2.45, 2.75) is 80.1 Å². The summed E-state index contributed by atoms with van der Waals surface area (Å²) in [4.78, 5) is 21.5. The van der Waals surface area contributed by atoms with E-state index in [2.05, 4.69) is 57.6 Å². The summed E-state index contributed by atoms with van der Waals surface area (Å²) in [5, 5.41) is 0. The van der Waals surface area contributed by atoms with E-state index in [9.17, 15) is 4.79 Å². The van der Waals surface area contributed by atoms with Crippen LogP contribution in [0, 0.1) is 11.3 Å². The minimum atomic E-state index is -0.146. The third-order valence-corrected chi connectivity index (χ3v) is 5.56. The SMILES string of the molecule is CC.CC(C)(C)C1=CCC(C(=O)Oc2ccc(-c3ncc(C(C)(C)C)cn3)cc2)CC1. The first-order valence-corrected chi connectivity index (χ1v) is 11.4. The highest BCUT2D eigenvalue weighted by atomic mass is 16.5. The van der Waals surface area contributed by atoms with Gasteiger partial charge in [-0.1, -0.05) is 67.0 Å². The second-order valence-electron chi connectivity index (χ2n) is 9.94. The molecule has 0 saturated carbocycles. The van der Waals surface area contributed by atoms with Crippen molar-refractivity contribution in [1.29, 1.82) is 0 Å². The fourth-order valence-electron chi connectivity index (χ4n) is 3.47. The van der Waals surface area contributed by atoms with Crippen LogP contribution in [0.5, 0.6) is 5.75 Å². The highest BCUT2D eigenvalue weighted by Crippen LogP contribution is 2.35. The monoisotopic (exact) mass is 422 g/mol. The third-order valence-electron chi connectivity index (χ3n) is 5.56. The Bertz CT molecular complexity index is 883. The minimum absolute atomic E-state index is 0.0263. The molecule has 1 unspecified atom stereocenters. The Balaban J connectivity index is 0.00000166. The molecule has 0 aliphatic heterocycles. The maximum atomic E-state index is 12.5. The lowest BCUT2D eigenvalue weighted by atomic mass is 9.77. The highest BCUT2D eigenvalue weighted by Gasteiger charge is 2.27. The zero-order valence-electron chi connectivity index (χ0n) is 20.5. The number of carbonyl (C=O) groups is 1. The van der Waals surface area contributed by atoms with E-state index < -0.39 is 0 Å². The van der Waals surface area contributed by atoms with Crippen molar-refractivity contribution >= 4 is 5.97 Å². The molecule has 0 radical (unpaired) electrons. The molecule has 0 N–H and O–H groups in total. The van der Waals surface area contributed by atoms with Crippen LogP contribution in [0.1, 0.15) is 80.2 Å². The van der Waals surface area contributed by atoms with Gasteiger partial charge in [0.25, 0.3) is 0 Å². The molecule has 0 fully saturated rings. The maximum absolute atomic E-state index is 12.5. The van der Waals surface area contributed by atoms with E-state index in [4.69, 9.17) is 4.74 Å². The van der Waals surface area contributed by atoms with Crippen LogP contribution in [0.25, 0.3) is 11.4 Å². The summed E-state index contributed by atoms with van der Waals surface area (Å²) in [6.45, 7) is 17.1. The Labute approximate surface area is 188 Å². The summed E-state index contributed by atoms with van der Waals surface area (Å²) in [5.41, 5.74) is 3.64. The lowest BCUT2D eigenvalue weighted by Gasteiger charge is -2.28. The van der Waals surface area contributed by atoms with Gasteiger partial charge in [-0.2, -0.15) is 0 Å². The summed E-state index contributed by atoms with van der Waals surface area (Å²) in [7, 11) is 0. The second-order valence-corrected chi connectivity index (χ2v) is 9.94.